The normalized spacial score (nSPS) is 25.3. The molecule has 1 rings (SSSR count). The van der Waals surface area contributed by atoms with E-state index in [1.807, 2.05) is 0 Å². The van der Waals surface area contributed by atoms with Crippen LogP contribution in [0.4, 0.5) is 0 Å². The third kappa shape index (κ3) is 2.54. The molecule has 1 atom stereocenters. The van der Waals surface area contributed by atoms with Crippen LogP contribution in [0.3, 0.4) is 0 Å². The van der Waals surface area contributed by atoms with Gasteiger partial charge in [0.15, 0.2) is 0 Å². The maximum absolute atomic E-state index is 8.55. The van der Waals surface area contributed by atoms with Crippen molar-refractivity contribution in [2.24, 2.45) is 0 Å². The highest BCUT2D eigenvalue weighted by molar-refractivity contribution is 6.43. The lowest BCUT2D eigenvalue weighted by atomic mass is 9.79. The van der Waals surface area contributed by atoms with Crippen molar-refractivity contribution in [2.75, 3.05) is 6.54 Å². The molecule has 1 aliphatic heterocycles. The van der Waals surface area contributed by atoms with Crippen LogP contribution in [-0.2, 0) is 0 Å². The van der Waals surface area contributed by atoms with Gasteiger partial charge in [0.2, 0.25) is 0 Å². The molecule has 0 saturated carbocycles. The first kappa shape index (κ1) is 9.23. The van der Waals surface area contributed by atoms with E-state index < -0.39 is 7.12 Å². The number of hydrogen-bond donors (Lipinski definition) is 3. The van der Waals surface area contributed by atoms with E-state index in [-0.39, 0.29) is 18.3 Å². The SMILES string of the molecule is Cl.OB(O)C1CCCN1. The number of hydrogen-bond acceptors (Lipinski definition) is 3. The van der Waals surface area contributed by atoms with Crippen molar-refractivity contribution in [3.05, 3.63) is 0 Å². The van der Waals surface area contributed by atoms with Gasteiger partial charge in [-0.3, -0.25) is 0 Å². The van der Waals surface area contributed by atoms with Gasteiger partial charge in [0, 0.05) is 5.94 Å². The van der Waals surface area contributed by atoms with E-state index in [0.29, 0.717) is 0 Å². The monoisotopic (exact) mass is 151 g/mol. The average molecular weight is 151 g/mol. The van der Waals surface area contributed by atoms with Crippen molar-refractivity contribution in [3.63, 3.8) is 0 Å². The third-order valence-electron chi connectivity index (χ3n) is 1.46. The van der Waals surface area contributed by atoms with E-state index in [2.05, 4.69) is 5.32 Å². The molecular weight excluding hydrogens is 140 g/mol. The lowest BCUT2D eigenvalue weighted by Gasteiger charge is -2.05. The molecule has 9 heavy (non-hydrogen) atoms. The minimum atomic E-state index is -1.17. The number of halogens is 1. The van der Waals surface area contributed by atoms with Crippen molar-refractivity contribution >= 4 is 19.5 Å². The van der Waals surface area contributed by atoms with Crippen molar-refractivity contribution in [1.82, 2.24) is 5.32 Å². The van der Waals surface area contributed by atoms with Gasteiger partial charge in [-0.1, -0.05) is 0 Å². The zero-order valence-electron chi connectivity index (χ0n) is 5.08. The average Bonchev–Trinajstić information content (AvgIpc) is 2.12. The third-order valence-corrected chi connectivity index (χ3v) is 1.46. The summed E-state index contributed by atoms with van der Waals surface area (Å²) in [5, 5.41) is 20.0. The van der Waals surface area contributed by atoms with Gasteiger partial charge >= 0.3 is 7.12 Å². The summed E-state index contributed by atoms with van der Waals surface area (Å²) in [6.45, 7) is 0.919. The Balaban J connectivity index is 0.000000640. The summed E-state index contributed by atoms with van der Waals surface area (Å²) >= 11 is 0. The van der Waals surface area contributed by atoms with Gasteiger partial charge in [-0.05, 0) is 19.4 Å². The van der Waals surface area contributed by atoms with Gasteiger partial charge in [-0.15, -0.1) is 12.4 Å². The Bertz CT molecular complexity index is 77.0. The Labute approximate surface area is 61.0 Å². The van der Waals surface area contributed by atoms with Crippen molar-refractivity contribution < 1.29 is 10.0 Å². The highest BCUT2D eigenvalue weighted by Crippen LogP contribution is 2.04. The fourth-order valence-corrected chi connectivity index (χ4v) is 0.966. The number of nitrogens with one attached hydrogen (secondary N) is 1. The summed E-state index contributed by atoms with van der Waals surface area (Å²) in [7, 11) is -1.17. The molecule has 0 spiro atoms. The molecule has 3 N–H and O–H groups in total. The Kier molecular flexibility index (Phi) is 4.22. The van der Waals surface area contributed by atoms with Crippen LogP contribution >= 0.6 is 12.4 Å². The van der Waals surface area contributed by atoms with Crippen LogP contribution in [-0.4, -0.2) is 29.7 Å². The minimum absolute atomic E-state index is 0. The second-order valence-corrected chi connectivity index (χ2v) is 2.12. The van der Waals surface area contributed by atoms with Gasteiger partial charge in [0.1, 0.15) is 0 Å². The largest absolute Gasteiger partial charge is 0.469 e. The van der Waals surface area contributed by atoms with E-state index >= 15 is 0 Å². The van der Waals surface area contributed by atoms with Gasteiger partial charge in [0.25, 0.3) is 0 Å². The van der Waals surface area contributed by atoms with Crippen molar-refractivity contribution in [1.29, 1.82) is 0 Å². The zero-order valence-corrected chi connectivity index (χ0v) is 5.90. The first-order valence-electron chi connectivity index (χ1n) is 2.90. The molecule has 0 aromatic carbocycles. The van der Waals surface area contributed by atoms with Crippen LogP contribution in [0.5, 0.6) is 0 Å². The molecule has 1 fully saturated rings. The summed E-state index contributed by atoms with van der Waals surface area (Å²) in [5.41, 5.74) is 0. The topological polar surface area (TPSA) is 52.5 Å². The molecule has 1 saturated heterocycles. The Morgan fingerprint density at radius 1 is 1.44 bits per heavy atom. The van der Waals surface area contributed by atoms with E-state index in [9.17, 15) is 0 Å². The summed E-state index contributed by atoms with van der Waals surface area (Å²) in [6, 6.07) is 0. The van der Waals surface area contributed by atoms with Gasteiger partial charge in [0.05, 0.1) is 0 Å². The van der Waals surface area contributed by atoms with Crippen LogP contribution in [0.2, 0.25) is 0 Å². The Morgan fingerprint density at radius 2 is 2.11 bits per heavy atom. The fraction of sp³-hybridized carbons (Fsp3) is 1.00. The fourth-order valence-electron chi connectivity index (χ4n) is 0.966. The van der Waals surface area contributed by atoms with E-state index in [4.69, 9.17) is 10.0 Å². The second kappa shape index (κ2) is 4.11. The van der Waals surface area contributed by atoms with Gasteiger partial charge in [-0.2, -0.15) is 0 Å². The quantitative estimate of drug-likeness (QED) is 0.429. The smallest absolute Gasteiger partial charge is 0.426 e. The first-order valence-corrected chi connectivity index (χ1v) is 2.90. The molecule has 0 aromatic rings. The van der Waals surface area contributed by atoms with Crippen molar-refractivity contribution in [2.45, 2.75) is 18.8 Å². The van der Waals surface area contributed by atoms with Gasteiger partial charge in [-0.25, -0.2) is 0 Å². The summed E-state index contributed by atoms with van der Waals surface area (Å²) in [4.78, 5) is 0. The molecule has 0 aliphatic carbocycles. The van der Waals surface area contributed by atoms with Crippen LogP contribution in [0, 0.1) is 0 Å². The molecule has 0 amide bonds. The van der Waals surface area contributed by atoms with Crippen LogP contribution in [0.15, 0.2) is 0 Å². The molecule has 1 unspecified atom stereocenters. The highest BCUT2D eigenvalue weighted by atomic mass is 35.5. The maximum atomic E-state index is 8.55. The van der Waals surface area contributed by atoms with E-state index in [1.165, 1.54) is 0 Å². The molecular formula is C4H11BClNO2. The van der Waals surface area contributed by atoms with E-state index in [0.717, 1.165) is 19.4 Å². The molecule has 54 valence electrons. The van der Waals surface area contributed by atoms with Crippen LogP contribution in [0.1, 0.15) is 12.8 Å². The minimum Gasteiger partial charge on any atom is -0.426 e. The molecule has 0 aromatic heterocycles. The zero-order chi connectivity index (χ0) is 5.98. The molecule has 0 bridgehead atoms. The lowest BCUT2D eigenvalue weighted by molar-refractivity contribution is 0.379. The standard InChI is InChI=1S/C4H10BNO2.ClH/c7-5(8)4-2-1-3-6-4;/h4,6-8H,1-3H2;1H. The Hall–Kier alpha value is 0.235. The predicted molar refractivity (Wildman–Crippen MR) is 38.5 cm³/mol. The molecule has 5 heteroatoms. The van der Waals surface area contributed by atoms with Crippen LogP contribution in [0.25, 0.3) is 0 Å². The molecule has 1 aliphatic rings. The molecule has 1 heterocycles. The second-order valence-electron chi connectivity index (χ2n) is 2.12. The van der Waals surface area contributed by atoms with Crippen LogP contribution < -0.4 is 5.32 Å². The Morgan fingerprint density at radius 3 is 2.33 bits per heavy atom. The predicted octanol–water partition coefficient (Wildman–Crippen LogP) is -0.828. The number of rotatable bonds is 1. The lowest BCUT2D eigenvalue weighted by Crippen LogP contribution is -2.38. The first-order chi connectivity index (χ1) is 3.80. The molecule has 0 radical (unpaired) electrons. The van der Waals surface area contributed by atoms with E-state index in [1.54, 1.807) is 0 Å². The highest BCUT2D eigenvalue weighted by Gasteiger charge is 2.25. The van der Waals surface area contributed by atoms with Crippen molar-refractivity contribution in [3.8, 4) is 0 Å². The maximum Gasteiger partial charge on any atom is 0.469 e. The molecule has 3 nitrogen and oxygen atoms in total. The van der Waals surface area contributed by atoms with Gasteiger partial charge < -0.3 is 15.4 Å². The summed E-state index contributed by atoms with van der Waals surface area (Å²) < 4.78 is 0. The summed E-state index contributed by atoms with van der Waals surface area (Å²) in [6.07, 6.45) is 1.94. The summed E-state index contributed by atoms with van der Waals surface area (Å²) in [5.74, 6) is -0.0741.